The maximum Gasteiger partial charge on any atom is 0.349 e. The van der Waals surface area contributed by atoms with Gasteiger partial charge in [-0.05, 0) is 31.4 Å². The Balaban J connectivity index is 1.49. The summed E-state index contributed by atoms with van der Waals surface area (Å²) in [5, 5.41) is 6.67. The first kappa shape index (κ1) is 15.9. The van der Waals surface area contributed by atoms with Gasteiger partial charge in [-0.2, -0.15) is 10.1 Å². The first-order chi connectivity index (χ1) is 12.1. The van der Waals surface area contributed by atoms with E-state index in [1.807, 2.05) is 17.9 Å². The first-order valence-corrected chi connectivity index (χ1v) is 8.67. The van der Waals surface area contributed by atoms with Crippen LogP contribution in [0.25, 0.3) is 0 Å². The van der Waals surface area contributed by atoms with Crippen LogP contribution in [0, 0.1) is 6.92 Å². The fraction of sp³-hybridized carbons (Fsp3) is 0.529. The number of aryl methyl sites for hydroxylation is 1. The lowest BCUT2D eigenvalue weighted by Gasteiger charge is -2.34. The molecule has 8 nitrogen and oxygen atoms in total. The SMILES string of the molecule is Cc1cc(C2CCC2)oc(=O)c1C(=O)N1CCN(c2ncn[nH]2)CC1. The fourth-order valence-corrected chi connectivity index (χ4v) is 3.41. The Labute approximate surface area is 144 Å². The lowest BCUT2D eigenvalue weighted by molar-refractivity contribution is 0.0740. The Morgan fingerprint density at radius 3 is 2.60 bits per heavy atom. The highest BCUT2D eigenvalue weighted by Gasteiger charge is 2.29. The molecule has 1 amide bonds. The summed E-state index contributed by atoms with van der Waals surface area (Å²) in [6.07, 6.45) is 4.74. The minimum atomic E-state index is -0.510. The molecule has 132 valence electrons. The van der Waals surface area contributed by atoms with Crippen LogP contribution in [0.1, 0.15) is 46.9 Å². The van der Waals surface area contributed by atoms with Crippen molar-refractivity contribution in [2.75, 3.05) is 31.1 Å². The quantitative estimate of drug-likeness (QED) is 0.902. The number of piperazine rings is 1. The topological polar surface area (TPSA) is 95.3 Å². The lowest BCUT2D eigenvalue weighted by Crippen LogP contribution is -2.50. The Morgan fingerprint density at radius 2 is 2.04 bits per heavy atom. The van der Waals surface area contributed by atoms with Crippen LogP contribution in [-0.4, -0.2) is 52.2 Å². The van der Waals surface area contributed by atoms with Crippen molar-refractivity contribution >= 4 is 11.9 Å². The van der Waals surface area contributed by atoms with Crippen LogP contribution >= 0.6 is 0 Å². The van der Waals surface area contributed by atoms with E-state index in [9.17, 15) is 9.59 Å². The molecule has 25 heavy (non-hydrogen) atoms. The number of hydrogen-bond acceptors (Lipinski definition) is 6. The monoisotopic (exact) mass is 343 g/mol. The number of nitrogens with zero attached hydrogens (tertiary/aromatic N) is 4. The average molecular weight is 343 g/mol. The number of aromatic nitrogens is 3. The van der Waals surface area contributed by atoms with Crippen LogP contribution < -0.4 is 10.5 Å². The van der Waals surface area contributed by atoms with Gasteiger partial charge in [-0.15, -0.1) is 0 Å². The van der Waals surface area contributed by atoms with E-state index in [0.29, 0.717) is 43.6 Å². The van der Waals surface area contributed by atoms with Crippen LogP contribution in [0.2, 0.25) is 0 Å². The van der Waals surface area contributed by atoms with E-state index in [1.165, 1.54) is 12.7 Å². The average Bonchev–Trinajstić information content (AvgIpc) is 3.07. The van der Waals surface area contributed by atoms with Gasteiger partial charge in [0.2, 0.25) is 5.95 Å². The molecule has 0 aromatic carbocycles. The van der Waals surface area contributed by atoms with Crippen LogP contribution in [0.5, 0.6) is 0 Å². The van der Waals surface area contributed by atoms with E-state index in [1.54, 1.807) is 4.90 Å². The molecule has 0 radical (unpaired) electrons. The number of carbonyl (C=O) groups is 1. The molecule has 4 rings (SSSR count). The van der Waals surface area contributed by atoms with Gasteiger partial charge in [0.1, 0.15) is 17.7 Å². The Morgan fingerprint density at radius 1 is 1.28 bits per heavy atom. The number of H-pyrrole nitrogens is 1. The smallest absolute Gasteiger partial charge is 0.349 e. The molecule has 8 heteroatoms. The molecule has 1 aliphatic carbocycles. The summed E-state index contributed by atoms with van der Waals surface area (Å²) in [5.74, 6) is 1.51. The molecule has 0 unspecified atom stereocenters. The number of hydrogen-bond donors (Lipinski definition) is 1. The van der Waals surface area contributed by atoms with Gasteiger partial charge >= 0.3 is 5.63 Å². The maximum absolute atomic E-state index is 12.8. The first-order valence-electron chi connectivity index (χ1n) is 8.67. The van der Waals surface area contributed by atoms with Crippen molar-refractivity contribution in [1.82, 2.24) is 20.1 Å². The number of amides is 1. The predicted octanol–water partition coefficient (Wildman–Crippen LogP) is 1.30. The van der Waals surface area contributed by atoms with E-state index in [4.69, 9.17) is 4.42 Å². The molecule has 1 saturated carbocycles. The molecule has 1 N–H and O–H groups in total. The number of carbonyl (C=O) groups excluding carboxylic acids is 1. The number of nitrogens with one attached hydrogen (secondary N) is 1. The van der Waals surface area contributed by atoms with Crippen LogP contribution in [0.15, 0.2) is 21.6 Å². The Bertz CT molecular complexity index is 817. The van der Waals surface area contributed by atoms with Gasteiger partial charge in [-0.25, -0.2) is 9.89 Å². The number of rotatable bonds is 3. The van der Waals surface area contributed by atoms with Crippen molar-refractivity contribution in [3.8, 4) is 0 Å². The summed E-state index contributed by atoms with van der Waals surface area (Å²) >= 11 is 0. The molecule has 0 spiro atoms. The Kier molecular flexibility index (Phi) is 4.03. The summed E-state index contributed by atoms with van der Waals surface area (Å²) in [5.41, 5.74) is 0.363. The molecule has 3 heterocycles. The molecule has 0 atom stereocenters. The summed E-state index contributed by atoms with van der Waals surface area (Å²) in [4.78, 5) is 33.1. The van der Waals surface area contributed by atoms with E-state index < -0.39 is 5.63 Å². The summed E-state index contributed by atoms with van der Waals surface area (Å²) < 4.78 is 5.45. The minimum Gasteiger partial charge on any atom is -0.427 e. The van der Waals surface area contributed by atoms with Gasteiger partial charge in [0.15, 0.2) is 0 Å². The van der Waals surface area contributed by atoms with Crippen molar-refractivity contribution in [1.29, 1.82) is 0 Å². The van der Waals surface area contributed by atoms with Gasteiger partial charge in [0.25, 0.3) is 5.91 Å². The van der Waals surface area contributed by atoms with Crippen LogP contribution in [0.4, 0.5) is 5.95 Å². The zero-order chi connectivity index (χ0) is 17.4. The molecule has 2 aromatic heterocycles. The van der Waals surface area contributed by atoms with E-state index in [0.717, 1.165) is 18.6 Å². The largest absolute Gasteiger partial charge is 0.427 e. The molecule has 1 saturated heterocycles. The van der Waals surface area contributed by atoms with Gasteiger partial charge < -0.3 is 14.2 Å². The molecule has 0 bridgehead atoms. The zero-order valence-corrected chi connectivity index (χ0v) is 14.2. The zero-order valence-electron chi connectivity index (χ0n) is 14.2. The lowest BCUT2D eigenvalue weighted by atomic mass is 9.83. The number of anilines is 1. The van der Waals surface area contributed by atoms with Gasteiger partial charge in [0, 0.05) is 32.1 Å². The van der Waals surface area contributed by atoms with E-state index >= 15 is 0 Å². The Hall–Kier alpha value is -2.64. The second-order valence-corrected chi connectivity index (χ2v) is 6.71. The number of aromatic amines is 1. The van der Waals surface area contributed by atoms with Crippen molar-refractivity contribution < 1.29 is 9.21 Å². The molecule has 1 aliphatic heterocycles. The fourth-order valence-electron chi connectivity index (χ4n) is 3.41. The highest BCUT2D eigenvalue weighted by molar-refractivity contribution is 5.95. The van der Waals surface area contributed by atoms with Crippen molar-refractivity contribution in [2.24, 2.45) is 0 Å². The highest BCUT2D eigenvalue weighted by atomic mass is 16.4. The highest BCUT2D eigenvalue weighted by Crippen LogP contribution is 2.36. The van der Waals surface area contributed by atoms with Crippen molar-refractivity contribution in [2.45, 2.75) is 32.1 Å². The second-order valence-electron chi connectivity index (χ2n) is 6.71. The van der Waals surface area contributed by atoms with Crippen molar-refractivity contribution in [3.63, 3.8) is 0 Å². The third-order valence-electron chi connectivity index (χ3n) is 5.16. The minimum absolute atomic E-state index is 0.163. The standard InChI is InChI=1S/C17H21N5O3/c1-11-9-13(12-3-2-4-12)25-16(24)14(11)15(23)21-5-7-22(8-6-21)17-18-10-19-20-17/h9-10,12H,2-8H2,1H3,(H,18,19,20). The van der Waals surface area contributed by atoms with E-state index in [-0.39, 0.29) is 11.5 Å². The van der Waals surface area contributed by atoms with Gasteiger partial charge in [-0.3, -0.25) is 4.79 Å². The van der Waals surface area contributed by atoms with Crippen LogP contribution in [0.3, 0.4) is 0 Å². The second kappa shape index (κ2) is 6.34. The summed E-state index contributed by atoms with van der Waals surface area (Å²) in [6.45, 7) is 4.17. The third kappa shape index (κ3) is 2.92. The van der Waals surface area contributed by atoms with Gasteiger partial charge in [0.05, 0.1) is 0 Å². The third-order valence-corrected chi connectivity index (χ3v) is 5.16. The summed E-state index contributed by atoms with van der Waals surface area (Å²) in [6, 6.07) is 1.86. The predicted molar refractivity (Wildman–Crippen MR) is 90.8 cm³/mol. The van der Waals surface area contributed by atoms with Crippen LogP contribution in [-0.2, 0) is 0 Å². The molecular weight excluding hydrogens is 322 g/mol. The summed E-state index contributed by atoms with van der Waals surface area (Å²) in [7, 11) is 0. The van der Waals surface area contributed by atoms with Gasteiger partial charge in [-0.1, -0.05) is 6.42 Å². The molecule has 2 aromatic rings. The normalized spacial score (nSPS) is 18.3. The molecular formula is C17H21N5O3. The maximum atomic E-state index is 12.8. The molecule has 2 fully saturated rings. The van der Waals surface area contributed by atoms with E-state index in [2.05, 4.69) is 15.2 Å². The molecule has 2 aliphatic rings. The van der Waals surface area contributed by atoms with Crippen molar-refractivity contribution in [3.05, 3.63) is 39.7 Å².